The molecule has 25 heavy (non-hydrogen) atoms. The van der Waals surface area contributed by atoms with Crippen LogP contribution in [-0.4, -0.2) is 25.0 Å². The smallest absolute Gasteiger partial charge is 0.233 e. The van der Waals surface area contributed by atoms with E-state index in [1.165, 1.54) is 6.42 Å². The first kappa shape index (κ1) is 16.9. The van der Waals surface area contributed by atoms with Gasteiger partial charge < -0.3 is 9.88 Å². The van der Waals surface area contributed by atoms with Gasteiger partial charge in [0.15, 0.2) is 5.82 Å². The number of amides is 1. The molecule has 4 rings (SSSR count). The number of carbonyl (C=O) groups excluding carboxylic acids is 1. The number of aromatic nitrogens is 3. The molecular formula is C18H20Cl2N4O. The van der Waals surface area contributed by atoms with Crippen molar-refractivity contribution in [3.63, 3.8) is 0 Å². The second kappa shape index (κ2) is 5.99. The van der Waals surface area contributed by atoms with Crippen molar-refractivity contribution in [2.45, 2.75) is 49.9 Å². The summed E-state index contributed by atoms with van der Waals surface area (Å²) in [6, 6.07) is 7.68. The summed E-state index contributed by atoms with van der Waals surface area (Å²) in [4.78, 5) is 12.5. The minimum atomic E-state index is -0.973. The van der Waals surface area contributed by atoms with Gasteiger partial charge in [-0.1, -0.05) is 18.6 Å². The van der Waals surface area contributed by atoms with Gasteiger partial charge in [0.25, 0.3) is 0 Å². The van der Waals surface area contributed by atoms with Crippen LogP contribution in [0.25, 0.3) is 11.4 Å². The molecule has 2 heterocycles. The topological polar surface area (TPSA) is 59.8 Å². The molecule has 1 aromatic heterocycles. The number of hydrogen-bond acceptors (Lipinski definition) is 3. The van der Waals surface area contributed by atoms with Crippen LogP contribution in [0.15, 0.2) is 24.3 Å². The maximum Gasteiger partial charge on any atom is 0.233 e. The van der Waals surface area contributed by atoms with E-state index in [-0.39, 0.29) is 5.91 Å². The Morgan fingerprint density at radius 3 is 2.80 bits per heavy atom. The number of benzene rings is 1. The molecule has 1 aliphatic heterocycles. The maximum absolute atomic E-state index is 12.5. The number of anilines is 1. The molecule has 1 unspecified atom stereocenters. The fourth-order valence-electron chi connectivity index (χ4n) is 3.35. The number of hydrogen-bond donors (Lipinski definition) is 1. The zero-order valence-electron chi connectivity index (χ0n) is 14.1. The first-order valence-electron chi connectivity index (χ1n) is 8.62. The molecule has 1 fully saturated rings. The number of halogens is 2. The van der Waals surface area contributed by atoms with E-state index in [1.54, 1.807) is 6.92 Å². The Labute approximate surface area is 156 Å². The highest BCUT2D eigenvalue weighted by Gasteiger charge is 2.67. The van der Waals surface area contributed by atoms with Crippen LogP contribution in [0.1, 0.15) is 38.4 Å². The lowest BCUT2D eigenvalue weighted by atomic mass is 10.1. The van der Waals surface area contributed by atoms with Gasteiger partial charge in [-0.15, -0.1) is 33.4 Å². The summed E-state index contributed by atoms with van der Waals surface area (Å²) >= 11 is 12.2. The average Bonchev–Trinajstić information content (AvgIpc) is 3.00. The van der Waals surface area contributed by atoms with Crippen LogP contribution in [-0.2, 0) is 17.8 Å². The predicted octanol–water partition coefficient (Wildman–Crippen LogP) is 4.19. The predicted molar refractivity (Wildman–Crippen MR) is 98.8 cm³/mol. The number of alkyl halides is 2. The molecule has 7 heteroatoms. The second-order valence-electron chi connectivity index (χ2n) is 7.15. The van der Waals surface area contributed by atoms with Gasteiger partial charge in [-0.25, -0.2) is 0 Å². The molecule has 0 bridgehead atoms. The van der Waals surface area contributed by atoms with Crippen molar-refractivity contribution in [2.24, 2.45) is 5.41 Å². The molecule has 1 N–H and O–H groups in total. The first-order chi connectivity index (χ1) is 11.9. The van der Waals surface area contributed by atoms with Crippen LogP contribution in [0.3, 0.4) is 0 Å². The summed E-state index contributed by atoms with van der Waals surface area (Å²) in [5.41, 5.74) is 0.922. The summed E-state index contributed by atoms with van der Waals surface area (Å²) in [7, 11) is 0. The van der Waals surface area contributed by atoms with E-state index in [0.29, 0.717) is 12.1 Å². The number of fused-ring (bicyclic) bond motifs is 1. The van der Waals surface area contributed by atoms with Gasteiger partial charge in [0.2, 0.25) is 5.91 Å². The second-order valence-corrected chi connectivity index (χ2v) is 8.63. The average molecular weight is 379 g/mol. The summed E-state index contributed by atoms with van der Waals surface area (Å²) in [5.74, 6) is 1.74. The molecule has 1 aromatic carbocycles. The van der Waals surface area contributed by atoms with Gasteiger partial charge >= 0.3 is 0 Å². The normalized spacial score (nSPS) is 24.3. The van der Waals surface area contributed by atoms with E-state index < -0.39 is 9.75 Å². The Morgan fingerprint density at radius 1 is 1.24 bits per heavy atom. The lowest BCUT2D eigenvalue weighted by Crippen LogP contribution is -2.25. The highest BCUT2D eigenvalue weighted by atomic mass is 35.5. The number of rotatable bonds is 3. The number of carbonyl (C=O) groups is 1. The highest BCUT2D eigenvalue weighted by Crippen LogP contribution is 2.64. The minimum absolute atomic E-state index is 0.158. The molecule has 1 aliphatic carbocycles. The van der Waals surface area contributed by atoms with Crippen molar-refractivity contribution in [1.29, 1.82) is 0 Å². The SMILES string of the molecule is CC1(C(=O)Nc2cccc(-c3nnc4n3CCCCC4)c2)CC1(Cl)Cl. The van der Waals surface area contributed by atoms with Crippen molar-refractivity contribution >= 4 is 34.8 Å². The third-order valence-corrected chi connectivity index (χ3v) is 6.35. The Kier molecular flexibility index (Phi) is 4.04. The van der Waals surface area contributed by atoms with Gasteiger partial charge in [-0.05, 0) is 38.3 Å². The largest absolute Gasteiger partial charge is 0.326 e. The van der Waals surface area contributed by atoms with Crippen LogP contribution in [0.5, 0.6) is 0 Å². The molecule has 2 aromatic rings. The summed E-state index contributed by atoms with van der Waals surface area (Å²) in [6.45, 7) is 2.72. The van der Waals surface area contributed by atoms with Crippen molar-refractivity contribution in [3.8, 4) is 11.4 Å². The van der Waals surface area contributed by atoms with E-state index in [9.17, 15) is 4.79 Å². The summed E-state index contributed by atoms with van der Waals surface area (Å²) in [6.07, 6.45) is 4.95. The summed E-state index contributed by atoms with van der Waals surface area (Å²) < 4.78 is 1.22. The van der Waals surface area contributed by atoms with Crippen LogP contribution in [0.4, 0.5) is 5.69 Å². The number of aryl methyl sites for hydroxylation is 1. The standard InChI is InChI=1S/C18H20Cl2N4O/c1-17(11-18(17,19)20)16(25)21-13-7-5-6-12(10-13)15-23-22-14-8-3-2-4-9-24(14)15/h5-7,10H,2-4,8-9,11H2,1H3,(H,21,25). The maximum atomic E-state index is 12.5. The first-order valence-corrected chi connectivity index (χ1v) is 9.38. The molecule has 1 atom stereocenters. The molecule has 2 aliphatic rings. The van der Waals surface area contributed by atoms with Crippen LogP contribution >= 0.6 is 23.2 Å². The fourth-order valence-corrected chi connectivity index (χ4v) is 4.06. The van der Waals surface area contributed by atoms with E-state index in [0.717, 1.165) is 43.0 Å². The molecule has 1 saturated carbocycles. The lowest BCUT2D eigenvalue weighted by molar-refractivity contribution is -0.120. The van der Waals surface area contributed by atoms with Gasteiger partial charge in [-0.2, -0.15) is 0 Å². The van der Waals surface area contributed by atoms with Gasteiger partial charge in [0.05, 0.1) is 5.41 Å². The van der Waals surface area contributed by atoms with Crippen LogP contribution < -0.4 is 5.32 Å². The van der Waals surface area contributed by atoms with E-state index in [2.05, 4.69) is 20.1 Å². The Hall–Kier alpha value is -1.59. The molecule has 0 radical (unpaired) electrons. The van der Waals surface area contributed by atoms with Crippen molar-refractivity contribution in [2.75, 3.05) is 5.32 Å². The monoisotopic (exact) mass is 378 g/mol. The molecule has 0 saturated heterocycles. The Morgan fingerprint density at radius 2 is 2.04 bits per heavy atom. The highest BCUT2D eigenvalue weighted by molar-refractivity contribution is 6.53. The van der Waals surface area contributed by atoms with Crippen molar-refractivity contribution in [3.05, 3.63) is 30.1 Å². The number of nitrogens with zero attached hydrogens (tertiary/aromatic N) is 3. The summed E-state index contributed by atoms with van der Waals surface area (Å²) in [5, 5.41) is 11.6. The zero-order chi connectivity index (χ0) is 17.7. The molecule has 1 amide bonds. The fraction of sp³-hybridized carbons (Fsp3) is 0.500. The lowest BCUT2D eigenvalue weighted by Gasteiger charge is -2.13. The minimum Gasteiger partial charge on any atom is -0.326 e. The third kappa shape index (κ3) is 2.93. The molecule has 5 nitrogen and oxygen atoms in total. The Balaban J connectivity index is 1.59. The van der Waals surface area contributed by atoms with E-state index >= 15 is 0 Å². The van der Waals surface area contributed by atoms with Crippen LogP contribution in [0.2, 0.25) is 0 Å². The van der Waals surface area contributed by atoms with Crippen LogP contribution in [0, 0.1) is 5.41 Å². The van der Waals surface area contributed by atoms with E-state index in [1.807, 2.05) is 24.3 Å². The Bertz CT molecular complexity index is 832. The molecular weight excluding hydrogens is 359 g/mol. The van der Waals surface area contributed by atoms with Crippen molar-refractivity contribution in [1.82, 2.24) is 14.8 Å². The zero-order valence-corrected chi connectivity index (χ0v) is 15.6. The third-order valence-electron chi connectivity index (χ3n) is 5.25. The quantitative estimate of drug-likeness (QED) is 0.814. The molecule has 0 spiro atoms. The van der Waals surface area contributed by atoms with Gasteiger partial charge in [-0.3, -0.25) is 4.79 Å². The van der Waals surface area contributed by atoms with Gasteiger partial charge in [0, 0.05) is 24.2 Å². The number of nitrogens with one attached hydrogen (secondary N) is 1. The molecule has 132 valence electrons. The van der Waals surface area contributed by atoms with E-state index in [4.69, 9.17) is 23.2 Å². The van der Waals surface area contributed by atoms with Crippen molar-refractivity contribution < 1.29 is 4.79 Å². The van der Waals surface area contributed by atoms with Gasteiger partial charge in [0.1, 0.15) is 10.2 Å².